The maximum atomic E-state index is 12.3. The molecule has 1 saturated heterocycles. The van der Waals surface area contributed by atoms with Crippen LogP contribution in [0.25, 0.3) is 0 Å². The number of carbonyl (C=O) groups excluding carboxylic acids is 2. The first-order valence-corrected chi connectivity index (χ1v) is 9.95. The van der Waals surface area contributed by atoms with Gasteiger partial charge < -0.3 is 10.2 Å². The lowest BCUT2D eigenvalue weighted by molar-refractivity contribution is -0.142. The zero-order valence-corrected chi connectivity index (χ0v) is 15.9. The largest absolute Gasteiger partial charge is 0.356 e. The van der Waals surface area contributed by atoms with Crippen LogP contribution in [0.3, 0.4) is 0 Å². The van der Waals surface area contributed by atoms with Crippen molar-refractivity contribution in [1.29, 1.82) is 0 Å². The van der Waals surface area contributed by atoms with Crippen molar-refractivity contribution >= 4 is 11.8 Å². The van der Waals surface area contributed by atoms with Crippen LogP contribution in [0.4, 0.5) is 0 Å². The second-order valence-electron chi connectivity index (χ2n) is 8.75. The van der Waals surface area contributed by atoms with Gasteiger partial charge in [0, 0.05) is 31.0 Å². The molecule has 0 aromatic carbocycles. The van der Waals surface area contributed by atoms with Gasteiger partial charge in [0.15, 0.2) is 0 Å². The highest BCUT2D eigenvalue weighted by Gasteiger charge is 2.32. The van der Waals surface area contributed by atoms with E-state index in [0.29, 0.717) is 0 Å². The van der Waals surface area contributed by atoms with E-state index in [-0.39, 0.29) is 23.1 Å². The Balaban J connectivity index is 1.61. The average molecular weight is 337 g/mol. The highest BCUT2D eigenvalue weighted by atomic mass is 16.2. The first-order chi connectivity index (χ1) is 11.4. The number of hydrogen-bond acceptors (Lipinski definition) is 2. The van der Waals surface area contributed by atoms with E-state index in [4.69, 9.17) is 0 Å². The van der Waals surface area contributed by atoms with Gasteiger partial charge in [0.25, 0.3) is 0 Å². The minimum atomic E-state index is -0.325. The van der Waals surface area contributed by atoms with Crippen molar-refractivity contribution in [2.75, 3.05) is 19.6 Å². The molecule has 0 atom stereocenters. The maximum absolute atomic E-state index is 12.3. The quantitative estimate of drug-likeness (QED) is 0.777. The number of hydrogen-bond donors (Lipinski definition) is 1. The van der Waals surface area contributed by atoms with Crippen molar-refractivity contribution in [1.82, 2.24) is 10.2 Å². The number of nitrogens with zero attached hydrogens (tertiary/aromatic N) is 1. The third-order valence-corrected chi connectivity index (χ3v) is 5.61. The molecule has 4 nitrogen and oxygen atoms in total. The molecule has 24 heavy (non-hydrogen) atoms. The lowest BCUT2D eigenvalue weighted by Crippen LogP contribution is -2.46. The van der Waals surface area contributed by atoms with Gasteiger partial charge in [0.1, 0.15) is 0 Å². The highest BCUT2D eigenvalue weighted by Crippen LogP contribution is 2.27. The third-order valence-electron chi connectivity index (χ3n) is 5.61. The van der Waals surface area contributed by atoms with Crippen LogP contribution in [0.15, 0.2) is 0 Å². The van der Waals surface area contributed by atoms with Crippen LogP contribution >= 0.6 is 0 Å². The molecule has 138 valence electrons. The van der Waals surface area contributed by atoms with E-state index in [2.05, 4.69) is 5.32 Å². The minimum absolute atomic E-state index is 0.0868. The summed E-state index contributed by atoms with van der Waals surface area (Å²) in [6.45, 7) is 8.13. The fraction of sp³-hybridized carbons (Fsp3) is 0.900. The summed E-state index contributed by atoms with van der Waals surface area (Å²) in [7, 11) is 0. The van der Waals surface area contributed by atoms with Crippen molar-refractivity contribution in [3.8, 4) is 0 Å². The summed E-state index contributed by atoms with van der Waals surface area (Å²) in [6.07, 6.45) is 10.9. The number of rotatable bonds is 5. The second-order valence-corrected chi connectivity index (χ2v) is 8.75. The molecule has 4 heteroatoms. The molecule has 0 aromatic rings. The number of likely N-dealkylation sites (tertiary alicyclic amines) is 1. The molecule has 1 aliphatic carbocycles. The monoisotopic (exact) mass is 336 g/mol. The van der Waals surface area contributed by atoms with Crippen molar-refractivity contribution < 1.29 is 9.59 Å². The van der Waals surface area contributed by atoms with Crippen molar-refractivity contribution in [2.45, 2.75) is 78.6 Å². The van der Waals surface area contributed by atoms with Crippen LogP contribution in [0.5, 0.6) is 0 Å². The van der Waals surface area contributed by atoms with Gasteiger partial charge in [-0.1, -0.05) is 52.9 Å². The normalized spacial score (nSPS) is 20.9. The molecule has 2 amide bonds. The molecule has 0 spiro atoms. The summed E-state index contributed by atoms with van der Waals surface area (Å²) in [5, 5.41) is 3.12. The molecule has 2 aliphatic rings. The smallest absolute Gasteiger partial charge is 0.227 e. The number of carbonyl (C=O) groups is 2. The van der Waals surface area contributed by atoms with Gasteiger partial charge in [-0.25, -0.2) is 0 Å². The van der Waals surface area contributed by atoms with E-state index < -0.39 is 0 Å². The molecular weight excluding hydrogens is 300 g/mol. The molecule has 2 fully saturated rings. The fourth-order valence-electron chi connectivity index (χ4n) is 4.04. The van der Waals surface area contributed by atoms with Crippen LogP contribution in [-0.4, -0.2) is 36.3 Å². The molecule has 1 saturated carbocycles. The van der Waals surface area contributed by atoms with E-state index in [0.717, 1.165) is 44.8 Å². The number of nitrogens with one attached hydrogen (secondary N) is 1. The summed E-state index contributed by atoms with van der Waals surface area (Å²) in [5.41, 5.74) is -0.325. The zero-order valence-electron chi connectivity index (χ0n) is 15.9. The zero-order chi connectivity index (χ0) is 17.6. The molecule has 1 aliphatic heterocycles. The molecule has 0 unspecified atom stereocenters. The molecule has 0 aromatic heterocycles. The highest BCUT2D eigenvalue weighted by molar-refractivity contribution is 5.82. The van der Waals surface area contributed by atoms with Crippen LogP contribution in [-0.2, 0) is 9.59 Å². The van der Waals surface area contributed by atoms with Crippen LogP contribution in [0.1, 0.15) is 78.6 Å². The van der Waals surface area contributed by atoms with Crippen molar-refractivity contribution in [3.05, 3.63) is 0 Å². The Bertz CT molecular complexity index is 414. The predicted molar refractivity (Wildman–Crippen MR) is 97.6 cm³/mol. The second kappa shape index (κ2) is 8.87. The lowest BCUT2D eigenvalue weighted by atomic mass is 9.86. The van der Waals surface area contributed by atoms with Crippen LogP contribution in [0, 0.1) is 17.3 Å². The van der Waals surface area contributed by atoms with Gasteiger partial charge in [0.05, 0.1) is 0 Å². The van der Waals surface area contributed by atoms with Gasteiger partial charge in [-0.15, -0.1) is 0 Å². The summed E-state index contributed by atoms with van der Waals surface area (Å²) in [5.74, 6) is 1.38. The van der Waals surface area contributed by atoms with Gasteiger partial charge >= 0.3 is 0 Å². The van der Waals surface area contributed by atoms with E-state index >= 15 is 0 Å². The summed E-state index contributed by atoms with van der Waals surface area (Å²) < 4.78 is 0. The number of amides is 2. The topological polar surface area (TPSA) is 49.4 Å². The Morgan fingerprint density at radius 3 is 2.21 bits per heavy atom. The van der Waals surface area contributed by atoms with Gasteiger partial charge in [-0.2, -0.15) is 0 Å². The number of piperidine rings is 1. The van der Waals surface area contributed by atoms with E-state index in [1.807, 2.05) is 25.7 Å². The van der Waals surface area contributed by atoms with Gasteiger partial charge in [0.2, 0.25) is 11.8 Å². The van der Waals surface area contributed by atoms with E-state index in [1.165, 1.54) is 38.5 Å². The van der Waals surface area contributed by atoms with Crippen LogP contribution in [0.2, 0.25) is 0 Å². The average Bonchev–Trinajstić information content (AvgIpc) is 2.58. The lowest BCUT2D eigenvalue weighted by Gasteiger charge is -2.35. The molecule has 1 N–H and O–H groups in total. The SMILES string of the molecule is CC(C)(C)C(=O)N1CCC(C(=O)NCCCC2CCCCC2)CC1. The molecule has 0 bridgehead atoms. The molecule has 0 radical (unpaired) electrons. The molecule has 1 heterocycles. The van der Waals surface area contributed by atoms with Crippen molar-refractivity contribution in [3.63, 3.8) is 0 Å². The maximum Gasteiger partial charge on any atom is 0.227 e. The predicted octanol–water partition coefficient (Wildman–Crippen LogP) is 3.75. The van der Waals surface area contributed by atoms with E-state index in [1.54, 1.807) is 0 Å². The molecular formula is C20H36N2O2. The van der Waals surface area contributed by atoms with Crippen LogP contribution < -0.4 is 5.32 Å². The summed E-state index contributed by atoms with van der Waals surface area (Å²) in [6, 6.07) is 0. The Morgan fingerprint density at radius 1 is 1.00 bits per heavy atom. The van der Waals surface area contributed by atoms with Gasteiger partial charge in [-0.3, -0.25) is 9.59 Å². The Morgan fingerprint density at radius 2 is 1.62 bits per heavy atom. The van der Waals surface area contributed by atoms with Crippen molar-refractivity contribution in [2.24, 2.45) is 17.3 Å². The Labute approximate surface area is 147 Å². The minimum Gasteiger partial charge on any atom is -0.356 e. The van der Waals surface area contributed by atoms with Gasteiger partial charge in [-0.05, 0) is 31.6 Å². The standard InChI is InChI=1S/C20H36N2O2/c1-20(2,3)19(24)22-14-11-17(12-15-22)18(23)21-13-7-10-16-8-5-4-6-9-16/h16-17H,4-15H2,1-3H3,(H,21,23). The fourth-order valence-corrected chi connectivity index (χ4v) is 4.04. The van der Waals surface area contributed by atoms with E-state index in [9.17, 15) is 9.59 Å². The Hall–Kier alpha value is -1.06. The Kier molecular flexibility index (Phi) is 7.12. The first-order valence-electron chi connectivity index (χ1n) is 9.95. The molecule has 2 rings (SSSR count). The third kappa shape index (κ3) is 5.78. The first kappa shape index (κ1) is 19.3. The summed E-state index contributed by atoms with van der Waals surface area (Å²) >= 11 is 0. The summed E-state index contributed by atoms with van der Waals surface area (Å²) in [4.78, 5) is 26.5.